The topological polar surface area (TPSA) is 95.1 Å². The Morgan fingerprint density at radius 1 is 1.32 bits per heavy atom. The van der Waals surface area contributed by atoms with E-state index in [1.807, 2.05) is 0 Å². The highest BCUT2D eigenvalue weighted by atomic mass is 19.4. The lowest BCUT2D eigenvalue weighted by atomic mass is 10.1. The van der Waals surface area contributed by atoms with E-state index < -0.39 is 35.7 Å². The molecule has 4 rings (SSSR count). The minimum Gasteiger partial charge on any atom is -0.376 e. The van der Waals surface area contributed by atoms with Gasteiger partial charge in [-0.3, -0.25) is 9.48 Å². The SMILES string of the molecule is Cn1nc(C(F)(F)F)cc1C(=O)N[C@H](c1nc(-c2cccc(F)c2)no1)[C@@H]1CCCO1. The molecule has 1 aromatic carbocycles. The number of aryl methyl sites for hydroxylation is 1. The molecule has 0 spiro atoms. The highest BCUT2D eigenvalue weighted by molar-refractivity contribution is 5.93. The van der Waals surface area contributed by atoms with Gasteiger partial charge in [0.1, 0.15) is 17.6 Å². The maximum Gasteiger partial charge on any atom is 0.435 e. The van der Waals surface area contributed by atoms with Crippen LogP contribution in [0.4, 0.5) is 17.6 Å². The minimum atomic E-state index is -4.68. The lowest BCUT2D eigenvalue weighted by molar-refractivity contribution is -0.141. The second kappa shape index (κ2) is 8.10. The Balaban J connectivity index is 1.61. The molecule has 0 radical (unpaired) electrons. The zero-order valence-corrected chi connectivity index (χ0v) is 16.2. The number of nitrogens with zero attached hydrogens (tertiary/aromatic N) is 4. The Kier molecular flexibility index (Phi) is 5.48. The highest BCUT2D eigenvalue weighted by Crippen LogP contribution is 2.30. The predicted octanol–water partition coefficient (Wildman–Crippen LogP) is 3.28. The Morgan fingerprint density at radius 3 is 2.77 bits per heavy atom. The zero-order valence-electron chi connectivity index (χ0n) is 16.2. The Morgan fingerprint density at radius 2 is 2.13 bits per heavy atom. The van der Waals surface area contributed by atoms with Crippen LogP contribution >= 0.6 is 0 Å². The molecule has 3 aromatic rings. The van der Waals surface area contributed by atoms with E-state index in [0.717, 1.165) is 11.1 Å². The first kappa shape index (κ1) is 21.0. The molecule has 1 amide bonds. The molecule has 8 nitrogen and oxygen atoms in total. The molecule has 3 heterocycles. The summed E-state index contributed by atoms with van der Waals surface area (Å²) in [5.74, 6) is -1.19. The average Bonchev–Trinajstić information content (AvgIpc) is 3.46. The van der Waals surface area contributed by atoms with E-state index in [9.17, 15) is 22.4 Å². The summed E-state index contributed by atoms with van der Waals surface area (Å²) in [6.45, 7) is 0.450. The van der Waals surface area contributed by atoms with Crippen molar-refractivity contribution in [2.75, 3.05) is 6.61 Å². The van der Waals surface area contributed by atoms with E-state index in [2.05, 4.69) is 20.6 Å². The fraction of sp³-hybridized carbons (Fsp3) is 0.368. The van der Waals surface area contributed by atoms with Crippen LogP contribution < -0.4 is 5.32 Å². The quantitative estimate of drug-likeness (QED) is 0.613. The molecule has 0 bridgehead atoms. The number of amides is 1. The van der Waals surface area contributed by atoms with Gasteiger partial charge in [0.25, 0.3) is 11.8 Å². The molecule has 12 heteroatoms. The molecule has 1 aliphatic rings. The lowest BCUT2D eigenvalue weighted by Crippen LogP contribution is -2.37. The number of rotatable bonds is 5. The third-order valence-electron chi connectivity index (χ3n) is 4.82. The molecular formula is C19H17F4N5O3. The minimum absolute atomic E-state index is 0.00211. The number of hydrogen-bond donors (Lipinski definition) is 1. The lowest BCUT2D eigenvalue weighted by Gasteiger charge is -2.20. The van der Waals surface area contributed by atoms with Crippen LogP contribution in [0, 0.1) is 5.82 Å². The number of halogens is 4. The van der Waals surface area contributed by atoms with Crippen LogP contribution in [-0.2, 0) is 18.0 Å². The van der Waals surface area contributed by atoms with Crippen LogP contribution in [0.15, 0.2) is 34.9 Å². The second-order valence-corrected chi connectivity index (χ2v) is 7.01. The van der Waals surface area contributed by atoms with Crippen molar-refractivity contribution in [2.45, 2.75) is 31.2 Å². The van der Waals surface area contributed by atoms with Crippen molar-refractivity contribution in [3.8, 4) is 11.4 Å². The van der Waals surface area contributed by atoms with E-state index >= 15 is 0 Å². The van der Waals surface area contributed by atoms with E-state index in [-0.39, 0.29) is 17.4 Å². The third kappa shape index (κ3) is 4.43. The van der Waals surface area contributed by atoms with Crippen LogP contribution in [0.3, 0.4) is 0 Å². The largest absolute Gasteiger partial charge is 0.435 e. The third-order valence-corrected chi connectivity index (χ3v) is 4.82. The second-order valence-electron chi connectivity index (χ2n) is 7.01. The van der Waals surface area contributed by atoms with Crippen molar-refractivity contribution in [1.29, 1.82) is 0 Å². The van der Waals surface area contributed by atoms with Crippen molar-refractivity contribution in [3.05, 3.63) is 53.4 Å². The van der Waals surface area contributed by atoms with Crippen LogP contribution in [-0.4, -0.2) is 38.5 Å². The number of hydrogen-bond acceptors (Lipinski definition) is 6. The molecule has 0 unspecified atom stereocenters. The summed E-state index contributed by atoms with van der Waals surface area (Å²) in [6.07, 6.45) is -3.90. The number of carbonyl (C=O) groups excluding carboxylic acids is 1. The first-order chi connectivity index (χ1) is 14.7. The van der Waals surface area contributed by atoms with E-state index in [0.29, 0.717) is 24.7 Å². The Labute approximate surface area is 173 Å². The van der Waals surface area contributed by atoms with Gasteiger partial charge in [-0.25, -0.2) is 4.39 Å². The van der Waals surface area contributed by atoms with Crippen LogP contribution in [0.25, 0.3) is 11.4 Å². The molecule has 0 saturated carbocycles. The number of benzene rings is 1. The molecule has 0 aliphatic carbocycles. The normalized spacial score (nSPS) is 17.6. The number of carbonyl (C=O) groups is 1. The molecule has 1 saturated heterocycles. The Hall–Kier alpha value is -3.28. The van der Waals surface area contributed by atoms with Crippen LogP contribution in [0.2, 0.25) is 0 Å². The smallest absolute Gasteiger partial charge is 0.376 e. The first-order valence-corrected chi connectivity index (χ1v) is 9.35. The van der Waals surface area contributed by atoms with Crippen molar-refractivity contribution in [2.24, 2.45) is 7.05 Å². The number of ether oxygens (including phenoxy) is 1. The van der Waals surface area contributed by atoms with Gasteiger partial charge in [0, 0.05) is 25.3 Å². The van der Waals surface area contributed by atoms with Gasteiger partial charge in [-0.05, 0) is 25.0 Å². The summed E-state index contributed by atoms with van der Waals surface area (Å²) >= 11 is 0. The van der Waals surface area contributed by atoms with Crippen molar-refractivity contribution >= 4 is 5.91 Å². The summed E-state index contributed by atoms with van der Waals surface area (Å²) in [6, 6.07) is 5.32. The van der Waals surface area contributed by atoms with E-state index in [1.54, 1.807) is 6.07 Å². The number of aromatic nitrogens is 4. The number of alkyl halides is 3. The fourth-order valence-corrected chi connectivity index (χ4v) is 3.32. The maximum absolute atomic E-state index is 13.5. The molecule has 1 aliphatic heterocycles. The zero-order chi connectivity index (χ0) is 22.2. The van der Waals surface area contributed by atoms with Gasteiger partial charge in [0.15, 0.2) is 5.69 Å². The maximum atomic E-state index is 13.5. The van der Waals surface area contributed by atoms with E-state index in [1.165, 1.54) is 25.2 Å². The van der Waals surface area contributed by atoms with Gasteiger partial charge in [-0.1, -0.05) is 17.3 Å². The fourth-order valence-electron chi connectivity index (χ4n) is 3.32. The number of nitrogens with one attached hydrogen (secondary N) is 1. The summed E-state index contributed by atoms with van der Waals surface area (Å²) in [5.41, 5.74) is -1.10. The molecule has 1 N–H and O–H groups in total. The highest BCUT2D eigenvalue weighted by Gasteiger charge is 2.37. The van der Waals surface area contributed by atoms with Gasteiger partial charge in [-0.2, -0.15) is 23.3 Å². The molecule has 1 fully saturated rings. The molecule has 2 aromatic heterocycles. The van der Waals surface area contributed by atoms with Crippen molar-refractivity contribution in [3.63, 3.8) is 0 Å². The van der Waals surface area contributed by atoms with Crippen molar-refractivity contribution in [1.82, 2.24) is 25.2 Å². The van der Waals surface area contributed by atoms with E-state index in [4.69, 9.17) is 9.26 Å². The monoisotopic (exact) mass is 439 g/mol. The first-order valence-electron chi connectivity index (χ1n) is 9.35. The van der Waals surface area contributed by atoms with Crippen LogP contribution in [0.5, 0.6) is 0 Å². The van der Waals surface area contributed by atoms with Gasteiger partial charge < -0.3 is 14.6 Å². The predicted molar refractivity (Wildman–Crippen MR) is 97.1 cm³/mol. The van der Waals surface area contributed by atoms with Gasteiger partial charge in [-0.15, -0.1) is 0 Å². The average molecular weight is 439 g/mol. The molecule has 164 valence electrons. The van der Waals surface area contributed by atoms with Gasteiger partial charge in [0.05, 0.1) is 6.10 Å². The summed E-state index contributed by atoms with van der Waals surface area (Å²) in [5, 5.41) is 9.78. The molecular weight excluding hydrogens is 422 g/mol. The van der Waals surface area contributed by atoms with Crippen molar-refractivity contribution < 1.29 is 31.6 Å². The molecule has 31 heavy (non-hydrogen) atoms. The standard InChI is InChI=1S/C19H17F4N5O3/c1-28-12(9-14(26-28)19(21,22)23)17(29)24-15(13-6-3-7-30-13)18-25-16(27-31-18)10-4-2-5-11(20)8-10/h2,4-5,8-9,13,15H,3,6-7H2,1H3,(H,24,29)/t13-,15-/m0/s1. The van der Waals surface area contributed by atoms with Gasteiger partial charge in [0.2, 0.25) is 5.82 Å². The Bertz CT molecular complexity index is 1090. The summed E-state index contributed by atoms with van der Waals surface area (Å²) in [4.78, 5) is 17.0. The molecule has 2 atom stereocenters. The van der Waals surface area contributed by atoms with Gasteiger partial charge >= 0.3 is 6.18 Å². The summed E-state index contributed by atoms with van der Waals surface area (Å²) in [7, 11) is 1.24. The summed E-state index contributed by atoms with van der Waals surface area (Å²) < 4.78 is 64.0. The van der Waals surface area contributed by atoms with Crippen LogP contribution in [0.1, 0.15) is 41.0 Å².